The van der Waals surface area contributed by atoms with Crippen molar-refractivity contribution in [3.63, 3.8) is 0 Å². The second-order valence-corrected chi connectivity index (χ2v) is 7.62. The van der Waals surface area contributed by atoms with Gasteiger partial charge in [0, 0.05) is 10.4 Å². The van der Waals surface area contributed by atoms with Gasteiger partial charge in [0.15, 0.2) is 0 Å². The molecule has 1 aliphatic rings. The van der Waals surface area contributed by atoms with Crippen LogP contribution in [0.4, 0.5) is 0 Å². The molecule has 1 atom stereocenters. The minimum atomic E-state index is 0.139. The van der Waals surface area contributed by atoms with Gasteiger partial charge in [0.1, 0.15) is 0 Å². The molecule has 0 aromatic carbocycles. The molecule has 1 aliphatic heterocycles. The van der Waals surface area contributed by atoms with E-state index in [1.165, 1.54) is 30.8 Å². The summed E-state index contributed by atoms with van der Waals surface area (Å²) in [6, 6.07) is 4.56. The molecule has 108 valence electrons. The molecule has 0 radical (unpaired) electrons. The fourth-order valence-corrected chi connectivity index (χ4v) is 4.26. The van der Waals surface area contributed by atoms with Crippen molar-refractivity contribution < 1.29 is 0 Å². The Hall–Kier alpha value is -0.0900. The number of likely N-dealkylation sites (tertiary alicyclic amines) is 1. The van der Waals surface area contributed by atoms with Gasteiger partial charge in [-0.2, -0.15) is 0 Å². The van der Waals surface area contributed by atoms with E-state index in [2.05, 4.69) is 37.1 Å². The van der Waals surface area contributed by atoms with Gasteiger partial charge < -0.3 is 5.32 Å². The molecule has 0 saturated carbocycles. The van der Waals surface area contributed by atoms with Crippen molar-refractivity contribution in [1.82, 2.24) is 10.2 Å². The number of halogens is 1. The SMILES string of the molecule is CCCNC(c1ccc(Cl)s1)C(C)(C)N1CCCC1. The number of nitrogens with zero attached hydrogens (tertiary/aromatic N) is 1. The first kappa shape index (κ1) is 15.3. The lowest BCUT2D eigenvalue weighted by atomic mass is 9.91. The predicted molar refractivity (Wildman–Crippen MR) is 85.2 cm³/mol. The Kier molecular flexibility index (Phi) is 5.29. The maximum absolute atomic E-state index is 6.13. The number of nitrogens with one attached hydrogen (secondary N) is 1. The van der Waals surface area contributed by atoms with Crippen molar-refractivity contribution in [1.29, 1.82) is 0 Å². The Balaban J connectivity index is 2.20. The first-order valence-electron chi connectivity index (χ1n) is 7.29. The minimum absolute atomic E-state index is 0.139. The van der Waals surface area contributed by atoms with E-state index in [-0.39, 0.29) is 5.54 Å². The first-order valence-corrected chi connectivity index (χ1v) is 8.49. The van der Waals surface area contributed by atoms with Crippen LogP contribution in [0.25, 0.3) is 0 Å². The Morgan fingerprint density at radius 1 is 1.37 bits per heavy atom. The maximum Gasteiger partial charge on any atom is 0.0931 e. The van der Waals surface area contributed by atoms with Crippen LogP contribution in [0.15, 0.2) is 12.1 Å². The van der Waals surface area contributed by atoms with E-state index < -0.39 is 0 Å². The Morgan fingerprint density at radius 3 is 2.58 bits per heavy atom. The largest absolute Gasteiger partial charge is 0.308 e. The standard InChI is InChI=1S/C15H25ClN2S/c1-4-9-17-14(12-7-8-13(16)19-12)15(2,3)18-10-5-6-11-18/h7-8,14,17H,4-6,9-11H2,1-3H3. The van der Waals surface area contributed by atoms with Crippen LogP contribution in [-0.2, 0) is 0 Å². The van der Waals surface area contributed by atoms with E-state index in [0.717, 1.165) is 17.3 Å². The zero-order chi connectivity index (χ0) is 13.9. The lowest BCUT2D eigenvalue weighted by Crippen LogP contribution is -2.51. The van der Waals surface area contributed by atoms with E-state index in [1.807, 2.05) is 6.07 Å². The van der Waals surface area contributed by atoms with Crippen molar-refractivity contribution in [2.45, 2.75) is 51.6 Å². The molecule has 1 N–H and O–H groups in total. The van der Waals surface area contributed by atoms with Crippen molar-refractivity contribution in [3.05, 3.63) is 21.3 Å². The predicted octanol–water partition coefficient (Wildman–Crippen LogP) is 4.32. The summed E-state index contributed by atoms with van der Waals surface area (Å²) in [5.74, 6) is 0. The summed E-state index contributed by atoms with van der Waals surface area (Å²) < 4.78 is 0.885. The van der Waals surface area contributed by atoms with Gasteiger partial charge in [-0.3, -0.25) is 4.90 Å². The summed E-state index contributed by atoms with van der Waals surface area (Å²) in [6.07, 6.45) is 3.82. The Bertz CT molecular complexity index is 397. The highest BCUT2D eigenvalue weighted by Gasteiger charge is 2.37. The zero-order valence-corrected chi connectivity index (χ0v) is 13.8. The van der Waals surface area contributed by atoms with Gasteiger partial charge in [0.2, 0.25) is 0 Å². The molecule has 1 fully saturated rings. The molecule has 1 aromatic heterocycles. The monoisotopic (exact) mass is 300 g/mol. The Labute approximate surface area is 126 Å². The lowest BCUT2D eigenvalue weighted by molar-refractivity contribution is 0.108. The van der Waals surface area contributed by atoms with Gasteiger partial charge in [-0.15, -0.1) is 11.3 Å². The zero-order valence-electron chi connectivity index (χ0n) is 12.2. The van der Waals surface area contributed by atoms with Gasteiger partial charge in [-0.05, 0) is 64.9 Å². The molecule has 0 bridgehead atoms. The van der Waals surface area contributed by atoms with Crippen molar-refractivity contribution in [2.75, 3.05) is 19.6 Å². The number of rotatable bonds is 6. The highest BCUT2D eigenvalue weighted by molar-refractivity contribution is 7.16. The number of thiophene rings is 1. The van der Waals surface area contributed by atoms with E-state index in [9.17, 15) is 0 Å². The normalized spacial score (nSPS) is 18.9. The van der Waals surface area contributed by atoms with E-state index in [0.29, 0.717) is 6.04 Å². The summed E-state index contributed by atoms with van der Waals surface area (Å²) in [5.41, 5.74) is 0.139. The van der Waals surface area contributed by atoms with Crippen LogP contribution in [-0.4, -0.2) is 30.1 Å². The quantitative estimate of drug-likeness (QED) is 0.842. The van der Waals surface area contributed by atoms with Crippen LogP contribution in [0.1, 0.15) is 51.0 Å². The maximum atomic E-state index is 6.13. The smallest absolute Gasteiger partial charge is 0.0931 e. The molecule has 2 nitrogen and oxygen atoms in total. The molecule has 2 heterocycles. The topological polar surface area (TPSA) is 15.3 Å². The van der Waals surface area contributed by atoms with Crippen LogP contribution in [0.3, 0.4) is 0 Å². The molecular weight excluding hydrogens is 276 g/mol. The first-order chi connectivity index (χ1) is 9.05. The number of hydrogen-bond acceptors (Lipinski definition) is 3. The van der Waals surface area contributed by atoms with E-state index in [1.54, 1.807) is 11.3 Å². The van der Waals surface area contributed by atoms with Crippen LogP contribution in [0.2, 0.25) is 4.34 Å². The third-order valence-electron chi connectivity index (χ3n) is 4.10. The molecule has 1 aromatic rings. The van der Waals surface area contributed by atoms with E-state index >= 15 is 0 Å². The van der Waals surface area contributed by atoms with Crippen molar-refractivity contribution in [2.24, 2.45) is 0 Å². The molecule has 19 heavy (non-hydrogen) atoms. The summed E-state index contributed by atoms with van der Waals surface area (Å²) in [7, 11) is 0. The second-order valence-electron chi connectivity index (χ2n) is 5.88. The van der Waals surface area contributed by atoms with Gasteiger partial charge in [0.05, 0.1) is 10.4 Å². The molecule has 0 amide bonds. The highest BCUT2D eigenvalue weighted by atomic mass is 35.5. The van der Waals surface area contributed by atoms with Crippen molar-refractivity contribution >= 4 is 22.9 Å². The van der Waals surface area contributed by atoms with Crippen molar-refractivity contribution in [3.8, 4) is 0 Å². The molecular formula is C15H25ClN2S. The van der Waals surface area contributed by atoms with Crippen LogP contribution in [0, 0.1) is 0 Å². The minimum Gasteiger partial charge on any atom is -0.308 e. The molecule has 1 unspecified atom stereocenters. The average Bonchev–Trinajstić information content (AvgIpc) is 3.01. The Morgan fingerprint density at radius 2 is 2.05 bits per heavy atom. The highest BCUT2D eigenvalue weighted by Crippen LogP contribution is 2.37. The second kappa shape index (κ2) is 6.57. The molecule has 0 aliphatic carbocycles. The molecule has 0 spiro atoms. The van der Waals surface area contributed by atoms with Crippen LogP contribution < -0.4 is 5.32 Å². The lowest BCUT2D eigenvalue weighted by Gasteiger charge is -2.42. The van der Waals surface area contributed by atoms with Gasteiger partial charge >= 0.3 is 0 Å². The van der Waals surface area contributed by atoms with Crippen LogP contribution >= 0.6 is 22.9 Å². The van der Waals surface area contributed by atoms with Gasteiger partial charge in [-0.25, -0.2) is 0 Å². The molecule has 4 heteroatoms. The number of hydrogen-bond donors (Lipinski definition) is 1. The summed E-state index contributed by atoms with van der Waals surface area (Å²) in [5, 5.41) is 3.73. The van der Waals surface area contributed by atoms with E-state index in [4.69, 9.17) is 11.6 Å². The fourth-order valence-electron chi connectivity index (χ4n) is 2.95. The molecule has 2 rings (SSSR count). The third-order valence-corrected chi connectivity index (χ3v) is 5.40. The average molecular weight is 301 g/mol. The third kappa shape index (κ3) is 3.52. The summed E-state index contributed by atoms with van der Waals surface area (Å²) in [4.78, 5) is 3.98. The van der Waals surface area contributed by atoms with Crippen LogP contribution in [0.5, 0.6) is 0 Å². The summed E-state index contributed by atoms with van der Waals surface area (Å²) >= 11 is 7.83. The fraction of sp³-hybridized carbons (Fsp3) is 0.733. The molecule has 1 saturated heterocycles. The van der Waals surface area contributed by atoms with Gasteiger partial charge in [-0.1, -0.05) is 18.5 Å². The summed E-state index contributed by atoms with van der Waals surface area (Å²) in [6.45, 7) is 10.4. The van der Waals surface area contributed by atoms with Gasteiger partial charge in [0.25, 0.3) is 0 Å².